The minimum absolute atomic E-state index is 0.00162. The van der Waals surface area contributed by atoms with E-state index in [1.807, 2.05) is 23.9 Å². The molecule has 81 heavy (non-hydrogen) atoms. The fraction of sp³-hybridized carbons (Fsp3) is 0.564. The van der Waals surface area contributed by atoms with Crippen molar-refractivity contribution in [2.24, 2.45) is 0 Å². The number of halogens is 7. The van der Waals surface area contributed by atoms with Crippen molar-refractivity contribution >= 4 is 46.8 Å². The van der Waals surface area contributed by atoms with Crippen molar-refractivity contribution in [2.75, 3.05) is 112 Å². The van der Waals surface area contributed by atoms with Crippen molar-refractivity contribution in [1.82, 2.24) is 39.5 Å². The van der Waals surface area contributed by atoms with Gasteiger partial charge in [-0.2, -0.15) is 56.8 Å². The van der Waals surface area contributed by atoms with Crippen molar-refractivity contribution in [1.29, 1.82) is 10.5 Å². The highest BCUT2D eigenvalue weighted by Crippen LogP contribution is 2.44. The van der Waals surface area contributed by atoms with Crippen LogP contribution in [0.5, 0.6) is 12.0 Å². The minimum atomic E-state index is -4.72. The number of carbonyl (C=O) groups excluding carboxylic acids is 2. The lowest BCUT2D eigenvalue weighted by Gasteiger charge is -2.43. The van der Waals surface area contributed by atoms with Crippen LogP contribution in [0.25, 0.3) is 0 Å². The van der Waals surface area contributed by atoms with E-state index in [-0.39, 0.29) is 132 Å². The Morgan fingerprint density at radius 1 is 0.617 bits per heavy atom. The van der Waals surface area contributed by atoms with Crippen LogP contribution in [-0.4, -0.2) is 169 Å². The molecule has 2 amide bonds. The van der Waals surface area contributed by atoms with E-state index in [0.717, 1.165) is 38.8 Å². The zero-order chi connectivity index (χ0) is 57.3. The van der Waals surface area contributed by atoms with E-state index in [2.05, 4.69) is 21.9 Å². The van der Waals surface area contributed by atoms with E-state index in [9.17, 15) is 46.5 Å². The Morgan fingerprint density at radius 3 is 1.51 bits per heavy atom. The summed E-state index contributed by atoms with van der Waals surface area (Å²) >= 11 is 6.14. The van der Waals surface area contributed by atoms with E-state index in [1.165, 1.54) is 47.1 Å². The highest BCUT2D eigenvalue weighted by atomic mass is 35.5. The quantitative estimate of drug-likeness (QED) is 0.0977. The average Bonchev–Trinajstić information content (AvgIpc) is 4.18. The molecule has 2 aromatic heterocycles. The van der Waals surface area contributed by atoms with Gasteiger partial charge in [0.2, 0.25) is 0 Å². The second-order valence-electron chi connectivity index (χ2n) is 21.6. The molecule has 0 radical (unpaired) electrons. The molecule has 4 atom stereocenters. The van der Waals surface area contributed by atoms with Gasteiger partial charge in [-0.1, -0.05) is 29.8 Å². The predicted octanol–water partition coefficient (Wildman–Crippen LogP) is 8.10. The number of likely N-dealkylation sites (N-methyl/N-ethyl adjacent to an activating group) is 2. The third-order valence-corrected chi connectivity index (χ3v) is 16.9. The summed E-state index contributed by atoms with van der Waals surface area (Å²) in [6, 6.07) is 11.6. The summed E-state index contributed by atoms with van der Waals surface area (Å²) in [5.41, 5.74) is 0.763. The molecule has 0 N–H and O–H groups in total. The Bertz CT molecular complexity index is 2890. The summed E-state index contributed by atoms with van der Waals surface area (Å²) in [5.74, 6) is 0.947. The molecule has 4 fully saturated rings. The van der Waals surface area contributed by atoms with Gasteiger partial charge in [-0.25, -0.2) is 9.59 Å². The number of likely N-dealkylation sites (tertiary alicyclic amines) is 2. The number of fused-ring (bicyclic) bond motifs is 2. The molecule has 0 unspecified atom stereocenters. The van der Waals surface area contributed by atoms with Crippen molar-refractivity contribution in [3.8, 4) is 24.2 Å². The third kappa shape index (κ3) is 12.3. The van der Waals surface area contributed by atoms with Crippen molar-refractivity contribution in [2.45, 2.75) is 108 Å². The first-order valence-electron chi connectivity index (χ1n) is 27.3. The van der Waals surface area contributed by atoms with E-state index < -0.39 is 52.8 Å². The number of piperazine rings is 2. The van der Waals surface area contributed by atoms with Crippen LogP contribution < -0.4 is 29.1 Å². The maximum absolute atomic E-state index is 14.5. The van der Waals surface area contributed by atoms with Gasteiger partial charge in [0, 0.05) is 81.3 Å². The standard InChI is InChI=1S/C55H63ClF6N14O5/c1-34-8-4-12-44(46(34)54(57,58)59)71-22-16-39-42(30-71)65-50(79-32-37-9-6-20-69(37)2)67-48(39)73-24-26-75(35(28-73)14-18-63)52(77)81-53(78)76-27-25-74(29-36(76)15-19-64)49-40-17-23-72(45-13-5-11-41(56)47(45)55(60,61)62)31-43(40)66-51(68-49)80-33-38-10-7-21-70(38)3/h4-5,8,11-13,35-38H,6-7,9-10,14-17,20-33H2,1-3H3/t35-,36-,37-,38-/m0/s1. The Kier molecular flexibility index (Phi) is 16.8. The summed E-state index contributed by atoms with van der Waals surface area (Å²) in [6.45, 7) is 4.78. The van der Waals surface area contributed by atoms with Gasteiger partial charge in [0.1, 0.15) is 24.8 Å². The van der Waals surface area contributed by atoms with Gasteiger partial charge < -0.3 is 53.4 Å². The number of hydrogen-bond donors (Lipinski definition) is 0. The number of ether oxygens (including phenoxy) is 3. The summed E-state index contributed by atoms with van der Waals surface area (Å²) in [6.07, 6.45) is -7.23. The molecule has 26 heteroatoms. The maximum atomic E-state index is 14.5. The van der Waals surface area contributed by atoms with Crippen LogP contribution in [0.1, 0.15) is 77.7 Å². The van der Waals surface area contributed by atoms with Crippen molar-refractivity contribution in [3.63, 3.8) is 0 Å². The molecule has 8 heterocycles. The van der Waals surface area contributed by atoms with Gasteiger partial charge in [-0.05, 0) is 96.4 Å². The number of aromatic nitrogens is 4. The molecule has 6 aliphatic heterocycles. The molecule has 2 aromatic carbocycles. The first kappa shape index (κ1) is 57.2. The van der Waals surface area contributed by atoms with Crippen molar-refractivity contribution in [3.05, 3.63) is 80.6 Å². The number of aryl methyl sites for hydroxylation is 1. The second-order valence-corrected chi connectivity index (χ2v) is 22.0. The summed E-state index contributed by atoms with van der Waals surface area (Å²) in [7, 11) is 4.01. The van der Waals surface area contributed by atoms with Crippen LogP contribution in [0.2, 0.25) is 5.02 Å². The first-order valence-corrected chi connectivity index (χ1v) is 27.7. The predicted molar refractivity (Wildman–Crippen MR) is 286 cm³/mol. The molecule has 0 spiro atoms. The largest absolute Gasteiger partial charge is 0.462 e. The Hall–Kier alpha value is -7.09. The zero-order valence-electron chi connectivity index (χ0n) is 45.3. The highest BCUT2D eigenvalue weighted by molar-refractivity contribution is 6.31. The molecule has 0 saturated carbocycles. The number of amides is 2. The van der Waals surface area contributed by atoms with Crippen LogP contribution in [-0.2, 0) is 43.0 Å². The minimum Gasteiger partial charge on any atom is -0.462 e. The lowest BCUT2D eigenvalue weighted by molar-refractivity contribution is -0.138. The van der Waals surface area contributed by atoms with Gasteiger partial charge in [0.05, 0.1) is 83.4 Å². The van der Waals surface area contributed by atoms with E-state index in [1.54, 1.807) is 15.9 Å². The molecule has 0 bridgehead atoms. The number of nitriles is 2. The number of anilines is 4. The average molecular weight is 1150 g/mol. The monoisotopic (exact) mass is 1150 g/mol. The number of alkyl halides is 6. The SMILES string of the molecule is Cc1cccc(N2CCc3c(nc(OC[C@@H]4CCCN4C)nc3N3CCN(C(=O)OC(=O)N4CCN(c5nc(OC[C@@H]6CCCN6C)nc6c5CCN(c5cccc(Cl)c5C(F)(F)F)C6)C[C@@H]4CC#N)[C@@H](CC#N)C3)C2)c1C(F)(F)F. The molecular weight excluding hydrogens is 1090 g/mol. The van der Waals surface area contributed by atoms with Crippen LogP contribution >= 0.6 is 11.6 Å². The number of benzene rings is 2. The second kappa shape index (κ2) is 23.8. The topological polar surface area (TPSA) is 187 Å². The lowest BCUT2D eigenvalue weighted by atomic mass is 10.00. The van der Waals surface area contributed by atoms with Crippen molar-refractivity contribution < 1.29 is 50.1 Å². The fourth-order valence-corrected chi connectivity index (χ4v) is 12.5. The molecule has 0 aliphatic carbocycles. The Labute approximate surface area is 470 Å². The fourth-order valence-electron chi connectivity index (χ4n) is 12.2. The van der Waals surface area contributed by atoms with Gasteiger partial charge in [0.25, 0.3) is 0 Å². The van der Waals surface area contributed by atoms with E-state index >= 15 is 0 Å². The molecule has 4 saturated heterocycles. The summed E-state index contributed by atoms with van der Waals surface area (Å²) in [4.78, 5) is 61.7. The molecule has 4 aromatic rings. The summed E-state index contributed by atoms with van der Waals surface area (Å²) in [5, 5.41) is 19.7. The summed E-state index contributed by atoms with van der Waals surface area (Å²) < 4.78 is 105. The van der Waals surface area contributed by atoms with Crippen LogP contribution in [0, 0.1) is 29.6 Å². The van der Waals surface area contributed by atoms with Crippen LogP contribution in [0.15, 0.2) is 36.4 Å². The molecule has 19 nitrogen and oxygen atoms in total. The highest BCUT2D eigenvalue weighted by Gasteiger charge is 2.43. The number of nitrogens with zero attached hydrogens (tertiary/aromatic N) is 14. The first-order chi connectivity index (χ1) is 38.8. The zero-order valence-corrected chi connectivity index (χ0v) is 46.0. The van der Waals surface area contributed by atoms with Gasteiger partial charge in [-0.15, -0.1) is 0 Å². The molecular formula is C55H63ClF6N14O5. The van der Waals surface area contributed by atoms with Gasteiger partial charge in [0.15, 0.2) is 0 Å². The third-order valence-electron chi connectivity index (χ3n) is 16.6. The van der Waals surface area contributed by atoms with Gasteiger partial charge >= 0.3 is 36.6 Å². The molecule has 10 rings (SSSR count). The van der Waals surface area contributed by atoms with E-state index in [0.29, 0.717) is 47.2 Å². The number of rotatable bonds is 12. The van der Waals surface area contributed by atoms with Crippen LogP contribution in [0.3, 0.4) is 0 Å². The Balaban J connectivity index is 0.854. The van der Waals surface area contributed by atoms with Gasteiger partial charge in [-0.3, -0.25) is 0 Å². The lowest BCUT2D eigenvalue weighted by Crippen LogP contribution is -2.58. The van der Waals surface area contributed by atoms with Crippen LogP contribution in [0.4, 0.5) is 58.9 Å². The maximum Gasteiger partial charge on any atom is 0.419 e. The normalized spacial score (nSPS) is 21.8. The molecule has 6 aliphatic rings. The Morgan fingerprint density at radius 2 is 1.07 bits per heavy atom. The number of carbonyl (C=O) groups is 2. The smallest absolute Gasteiger partial charge is 0.419 e. The molecule has 432 valence electrons. The van der Waals surface area contributed by atoms with E-state index in [4.69, 9.17) is 45.7 Å². The number of hydrogen-bond acceptors (Lipinski definition) is 17.